The zero-order valence-electron chi connectivity index (χ0n) is 12.7. The summed E-state index contributed by atoms with van der Waals surface area (Å²) in [7, 11) is 0. The zero-order chi connectivity index (χ0) is 15.8. The van der Waals surface area contributed by atoms with Gasteiger partial charge < -0.3 is 0 Å². The molecule has 0 spiro atoms. The summed E-state index contributed by atoms with van der Waals surface area (Å²) < 4.78 is 0. The number of carbonyl (C=O) groups excluding carboxylic acids is 2. The van der Waals surface area contributed by atoms with E-state index in [0.717, 1.165) is 22.8 Å². The second-order valence-corrected chi connectivity index (χ2v) is 6.00. The van der Waals surface area contributed by atoms with Crippen molar-refractivity contribution >= 4 is 22.3 Å². The Morgan fingerprint density at radius 1 is 0.870 bits per heavy atom. The van der Waals surface area contributed by atoms with E-state index in [9.17, 15) is 9.59 Å². The highest BCUT2D eigenvalue weighted by molar-refractivity contribution is 6.20. The fourth-order valence-electron chi connectivity index (χ4n) is 3.48. The third kappa shape index (κ3) is 2.27. The predicted molar refractivity (Wildman–Crippen MR) is 90.9 cm³/mol. The number of hydrogen-bond acceptors (Lipinski definition) is 2. The monoisotopic (exact) mass is 300 g/mol. The van der Waals surface area contributed by atoms with E-state index in [2.05, 4.69) is 0 Å². The predicted octanol–water partition coefficient (Wildman–Crippen LogP) is 4.47. The van der Waals surface area contributed by atoms with Gasteiger partial charge in [-0.1, -0.05) is 66.7 Å². The average Bonchev–Trinajstić information content (AvgIpc) is 2.61. The number of ketones is 2. The minimum Gasteiger partial charge on any atom is -0.293 e. The Labute approximate surface area is 134 Å². The molecule has 1 unspecified atom stereocenters. The summed E-state index contributed by atoms with van der Waals surface area (Å²) in [4.78, 5) is 25.8. The van der Waals surface area contributed by atoms with Gasteiger partial charge in [0.1, 0.15) is 0 Å². The molecule has 0 fully saturated rings. The van der Waals surface area contributed by atoms with Gasteiger partial charge in [-0.15, -0.1) is 0 Å². The van der Waals surface area contributed by atoms with Crippen LogP contribution in [-0.2, 0) is 6.42 Å². The summed E-state index contributed by atoms with van der Waals surface area (Å²) in [5, 5.41) is 1.95. The van der Waals surface area contributed by atoms with Gasteiger partial charge in [-0.05, 0) is 29.2 Å². The highest BCUT2D eigenvalue weighted by Crippen LogP contribution is 2.30. The quantitative estimate of drug-likeness (QED) is 0.517. The Balaban J connectivity index is 1.76. The molecule has 23 heavy (non-hydrogen) atoms. The van der Waals surface area contributed by atoms with Crippen LogP contribution >= 0.6 is 0 Å². The Kier molecular flexibility index (Phi) is 3.30. The number of Topliss-reactive ketones (excluding diaryl/α,β-unsaturated/α-hetero) is 2. The van der Waals surface area contributed by atoms with Gasteiger partial charge in [0, 0.05) is 11.1 Å². The molecular weight excluding hydrogens is 284 g/mol. The third-order valence-corrected chi connectivity index (χ3v) is 4.67. The minimum absolute atomic E-state index is 0.0372. The van der Waals surface area contributed by atoms with Crippen LogP contribution in [0.15, 0.2) is 66.7 Å². The van der Waals surface area contributed by atoms with Crippen LogP contribution in [0.1, 0.15) is 32.7 Å². The van der Waals surface area contributed by atoms with Gasteiger partial charge in [-0.25, -0.2) is 0 Å². The lowest BCUT2D eigenvalue weighted by atomic mass is 9.78. The van der Waals surface area contributed by atoms with E-state index in [1.165, 1.54) is 0 Å². The average molecular weight is 300 g/mol. The number of rotatable bonds is 2. The van der Waals surface area contributed by atoms with Crippen LogP contribution in [0, 0.1) is 5.92 Å². The molecule has 2 heteroatoms. The highest BCUT2D eigenvalue weighted by atomic mass is 16.2. The molecule has 2 nitrogen and oxygen atoms in total. The summed E-state index contributed by atoms with van der Waals surface area (Å²) in [6, 6.07) is 21.1. The van der Waals surface area contributed by atoms with E-state index in [1.807, 2.05) is 66.7 Å². The Morgan fingerprint density at radius 2 is 1.61 bits per heavy atom. The fraction of sp³-hybridized carbons (Fsp3) is 0.143. The van der Waals surface area contributed by atoms with Crippen molar-refractivity contribution in [2.75, 3.05) is 0 Å². The molecule has 0 saturated heterocycles. The molecular formula is C21H16O2. The summed E-state index contributed by atoms with van der Waals surface area (Å²) in [5.74, 6) is -0.651. The first-order chi connectivity index (χ1) is 11.3. The lowest BCUT2D eigenvalue weighted by Gasteiger charge is -2.22. The maximum atomic E-state index is 13.0. The van der Waals surface area contributed by atoms with Crippen LogP contribution in [0.2, 0.25) is 0 Å². The van der Waals surface area contributed by atoms with Gasteiger partial charge in [0.05, 0.1) is 5.92 Å². The number of aryl methyl sites for hydroxylation is 1. The molecule has 0 bridgehead atoms. The number of benzene rings is 3. The number of carbonyl (C=O) groups is 2. The summed E-state index contributed by atoms with van der Waals surface area (Å²) in [6.45, 7) is 0. The Bertz CT molecular complexity index is 919. The van der Waals surface area contributed by atoms with Crippen molar-refractivity contribution in [3.05, 3.63) is 83.4 Å². The standard InChI is InChI=1S/C21H16O2/c22-20-17-10-4-2-7-15(17)12-13-19(20)21(23)18-11-5-8-14-6-1-3-9-16(14)18/h1-11,19H,12-13H2. The maximum absolute atomic E-state index is 13.0. The van der Waals surface area contributed by atoms with E-state index < -0.39 is 5.92 Å². The molecule has 1 atom stereocenters. The van der Waals surface area contributed by atoms with Crippen LogP contribution in [0.3, 0.4) is 0 Å². The van der Waals surface area contributed by atoms with Gasteiger partial charge in [-0.2, -0.15) is 0 Å². The maximum Gasteiger partial charge on any atom is 0.174 e. The molecule has 0 aromatic heterocycles. The molecule has 3 aromatic carbocycles. The largest absolute Gasteiger partial charge is 0.293 e. The molecule has 0 radical (unpaired) electrons. The molecule has 1 aliphatic rings. The van der Waals surface area contributed by atoms with E-state index in [4.69, 9.17) is 0 Å². The van der Waals surface area contributed by atoms with Crippen molar-refractivity contribution < 1.29 is 9.59 Å². The molecule has 0 N–H and O–H groups in total. The summed E-state index contributed by atoms with van der Waals surface area (Å²) >= 11 is 0. The van der Waals surface area contributed by atoms with Crippen molar-refractivity contribution in [1.29, 1.82) is 0 Å². The minimum atomic E-state index is -0.560. The molecule has 112 valence electrons. The first-order valence-electron chi connectivity index (χ1n) is 7.90. The van der Waals surface area contributed by atoms with Crippen molar-refractivity contribution in [2.24, 2.45) is 5.92 Å². The molecule has 0 saturated carbocycles. The van der Waals surface area contributed by atoms with Crippen molar-refractivity contribution in [2.45, 2.75) is 12.8 Å². The van der Waals surface area contributed by atoms with Crippen LogP contribution < -0.4 is 0 Å². The zero-order valence-corrected chi connectivity index (χ0v) is 12.7. The lowest BCUT2D eigenvalue weighted by Crippen LogP contribution is -2.29. The topological polar surface area (TPSA) is 34.1 Å². The first kappa shape index (κ1) is 13.9. The second kappa shape index (κ2) is 5.47. The van der Waals surface area contributed by atoms with E-state index in [1.54, 1.807) is 0 Å². The van der Waals surface area contributed by atoms with Crippen molar-refractivity contribution in [1.82, 2.24) is 0 Å². The smallest absolute Gasteiger partial charge is 0.174 e. The van der Waals surface area contributed by atoms with Crippen LogP contribution in [0.25, 0.3) is 10.8 Å². The second-order valence-electron chi connectivity index (χ2n) is 6.00. The number of hydrogen-bond donors (Lipinski definition) is 0. The van der Waals surface area contributed by atoms with Crippen molar-refractivity contribution in [3.8, 4) is 0 Å². The molecule has 0 heterocycles. The van der Waals surface area contributed by atoms with E-state index in [-0.39, 0.29) is 11.6 Å². The fourth-order valence-corrected chi connectivity index (χ4v) is 3.48. The molecule has 3 aromatic rings. The first-order valence-corrected chi connectivity index (χ1v) is 7.90. The van der Waals surface area contributed by atoms with Gasteiger partial charge in [0.2, 0.25) is 0 Å². The summed E-state index contributed by atoms with van der Waals surface area (Å²) in [5.41, 5.74) is 2.41. The molecule has 0 aliphatic heterocycles. The summed E-state index contributed by atoms with van der Waals surface area (Å²) in [6.07, 6.45) is 1.38. The normalized spacial score (nSPS) is 17.0. The molecule has 0 amide bonds. The van der Waals surface area contributed by atoms with E-state index >= 15 is 0 Å². The third-order valence-electron chi connectivity index (χ3n) is 4.67. The van der Waals surface area contributed by atoms with Crippen LogP contribution in [-0.4, -0.2) is 11.6 Å². The van der Waals surface area contributed by atoms with E-state index in [0.29, 0.717) is 17.5 Å². The SMILES string of the molecule is O=C1c2ccccc2CCC1C(=O)c1cccc2ccccc12. The van der Waals surface area contributed by atoms with Gasteiger partial charge >= 0.3 is 0 Å². The Hall–Kier alpha value is -2.74. The Morgan fingerprint density at radius 3 is 2.52 bits per heavy atom. The van der Waals surface area contributed by atoms with Crippen LogP contribution in [0.5, 0.6) is 0 Å². The molecule has 4 rings (SSSR count). The van der Waals surface area contributed by atoms with Crippen molar-refractivity contribution in [3.63, 3.8) is 0 Å². The van der Waals surface area contributed by atoms with Gasteiger partial charge in [0.15, 0.2) is 11.6 Å². The van der Waals surface area contributed by atoms with Gasteiger partial charge in [0.25, 0.3) is 0 Å². The highest BCUT2D eigenvalue weighted by Gasteiger charge is 2.33. The number of fused-ring (bicyclic) bond motifs is 2. The lowest BCUT2D eigenvalue weighted by molar-refractivity contribution is 0.0791. The van der Waals surface area contributed by atoms with Gasteiger partial charge in [-0.3, -0.25) is 9.59 Å². The molecule has 1 aliphatic carbocycles. The van der Waals surface area contributed by atoms with Crippen LogP contribution in [0.4, 0.5) is 0 Å².